The largest absolute Gasteiger partial charge is 0.481 e. The number of benzene rings is 2. The van der Waals surface area contributed by atoms with Crippen LogP contribution in [0.3, 0.4) is 0 Å². The summed E-state index contributed by atoms with van der Waals surface area (Å²) < 4.78 is 5.44. The maximum Gasteiger partial charge on any atom is 0.410 e. The molecule has 4 rings (SSSR count). The van der Waals surface area contributed by atoms with Crippen LogP contribution in [-0.2, 0) is 23.9 Å². The van der Waals surface area contributed by atoms with Gasteiger partial charge in [0, 0.05) is 25.9 Å². The van der Waals surface area contributed by atoms with Crippen LogP contribution in [0.4, 0.5) is 4.79 Å². The van der Waals surface area contributed by atoms with Gasteiger partial charge in [0.2, 0.25) is 11.8 Å². The van der Waals surface area contributed by atoms with Crippen molar-refractivity contribution in [3.05, 3.63) is 71.8 Å². The van der Waals surface area contributed by atoms with E-state index in [1.54, 1.807) is 32.6 Å². The summed E-state index contributed by atoms with van der Waals surface area (Å²) in [6, 6.07) is 16.1. The van der Waals surface area contributed by atoms with Gasteiger partial charge in [0.15, 0.2) is 5.78 Å². The molecule has 3 amide bonds. The van der Waals surface area contributed by atoms with E-state index in [1.165, 1.54) is 11.9 Å². The molecule has 0 radical (unpaired) electrons. The van der Waals surface area contributed by atoms with Gasteiger partial charge in [-0.15, -0.1) is 0 Å². The van der Waals surface area contributed by atoms with Crippen LogP contribution in [0.25, 0.3) is 0 Å². The van der Waals surface area contributed by atoms with E-state index < -0.39 is 53.5 Å². The number of hydrogen-bond acceptors (Lipinski definition) is 6. The molecule has 48 heavy (non-hydrogen) atoms. The van der Waals surface area contributed by atoms with Crippen LogP contribution in [0.15, 0.2) is 60.7 Å². The number of ketones is 1. The molecule has 2 aromatic rings. The normalized spacial score (nSPS) is 18.9. The van der Waals surface area contributed by atoms with Gasteiger partial charge in [-0.1, -0.05) is 79.9 Å². The first-order valence-electron chi connectivity index (χ1n) is 17.2. The summed E-state index contributed by atoms with van der Waals surface area (Å²) >= 11 is 0. The molecule has 0 unspecified atom stereocenters. The number of ether oxygens (including phenoxy) is 1. The molecule has 1 saturated carbocycles. The van der Waals surface area contributed by atoms with Crippen molar-refractivity contribution in [2.75, 3.05) is 13.6 Å². The standard InChI is InChI=1S/C38H51N3O7/c1-25(40(5)37(47)48-38(2,3)4)34(43)39-33(28-20-13-8-14-21-28)35(44)41-23-15-22-30(41)31(42)24-29(36(45)46)32(26-16-9-6-10-17-26)27-18-11-7-12-19-27/h6-7,9-12,16-19,25,28-30,32-33H,8,13-15,20-24H2,1-5H3,(H,39,43)(H,45,46)/t25-,29-,30-,33-/m0/s1. The molecule has 1 aliphatic carbocycles. The van der Waals surface area contributed by atoms with E-state index in [9.17, 15) is 29.1 Å². The minimum absolute atomic E-state index is 0.113. The van der Waals surface area contributed by atoms with E-state index >= 15 is 0 Å². The third-order valence-corrected chi connectivity index (χ3v) is 9.69. The third-order valence-electron chi connectivity index (χ3n) is 9.69. The van der Waals surface area contributed by atoms with Crippen molar-refractivity contribution >= 4 is 29.7 Å². The lowest BCUT2D eigenvalue weighted by molar-refractivity contribution is -0.146. The van der Waals surface area contributed by atoms with Crippen LogP contribution < -0.4 is 5.32 Å². The number of hydrogen-bond donors (Lipinski definition) is 2. The molecule has 2 fully saturated rings. The Bertz CT molecular complexity index is 1380. The van der Waals surface area contributed by atoms with Crippen LogP contribution in [0, 0.1) is 11.8 Å². The lowest BCUT2D eigenvalue weighted by atomic mass is 9.77. The Balaban J connectivity index is 1.55. The van der Waals surface area contributed by atoms with Gasteiger partial charge in [-0.3, -0.25) is 24.1 Å². The van der Waals surface area contributed by atoms with Crippen molar-refractivity contribution in [3.8, 4) is 0 Å². The summed E-state index contributed by atoms with van der Waals surface area (Å²) in [5, 5.41) is 13.4. The van der Waals surface area contributed by atoms with Gasteiger partial charge in [-0.2, -0.15) is 0 Å². The third kappa shape index (κ3) is 9.23. The van der Waals surface area contributed by atoms with Crippen LogP contribution in [0.5, 0.6) is 0 Å². The molecule has 2 aromatic carbocycles. The highest BCUT2D eigenvalue weighted by molar-refractivity contribution is 5.96. The summed E-state index contributed by atoms with van der Waals surface area (Å²) in [5.74, 6) is -3.89. The fraction of sp³-hybridized carbons (Fsp3) is 0.553. The molecule has 2 aliphatic rings. The second-order valence-corrected chi connectivity index (χ2v) is 14.3. The van der Waals surface area contributed by atoms with Gasteiger partial charge in [0.25, 0.3) is 0 Å². The number of carbonyl (C=O) groups is 5. The quantitative estimate of drug-likeness (QED) is 0.294. The van der Waals surface area contributed by atoms with E-state index in [1.807, 2.05) is 60.7 Å². The van der Waals surface area contributed by atoms with Crippen molar-refractivity contribution in [1.29, 1.82) is 0 Å². The lowest BCUT2D eigenvalue weighted by Gasteiger charge is -2.36. The van der Waals surface area contributed by atoms with Crippen molar-refractivity contribution in [2.24, 2.45) is 11.8 Å². The first-order chi connectivity index (χ1) is 22.8. The molecule has 0 bridgehead atoms. The smallest absolute Gasteiger partial charge is 0.410 e. The number of likely N-dealkylation sites (tertiary alicyclic amines) is 1. The Morgan fingerprint density at radius 1 is 0.896 bits per heavy atom. The number of nitrogens with one attached hydrogen (secondary N) is 1. The SMILES string of the molecule is C[C@@H](C(=O)N[C@H](C(=O)N1CCC[C@H]1C(=O)C[C@H](C(=O)O)C(c1ccccc1)c1ccccc1)C1CCCCC1)N(C)C(=O)OC(C)(C)C. The minimum atomic E-state index is -1.08. The van der Waals surface area contributed by atoms with E-state index in [2.05, 4.69) is 5.32 Å². The molecule has 10 heteroatoms. The fourth-order valence-corrected chi connectivity index (χ4v) is 7.01. The van der Waals surface area contributed by atoms with Crippen molar-refractivity contribution < 1.29 is 33.8 Å². The predicted octanol–water partition coefficient (Wildman–Crippen LogP) is 5.79. The van der Waals surface area contributed by atoms with E-state index in [0.717, 1.165) is 43.2 Å². The number of carbonyl (C=O) groups excluding carboxylic acids is 4. The van der Waals surface area contributed by atoms with Gasteiger partial charge in [0.1, 0.15) is 17.7 Å². The predicted molar refractivity (Wildman–Crippen MR) is 182 cm³/mol. The number of carboxylic acid groups (broad SMARTS) is 1. The summed E-state index contributed by atoms with van der Waals surface area (Å²) in [4.78, 5) is 70.2. The summed E-state index contributed by atoms with van der Waals surface area (Å²) in [7, 11) is 1.49. The Morgan fingerprint density at radius 3 is 1.98 bits per heavy atom. The van der Waals surface area contributed by atoms with E-state index in [4.69, 9.17) is 4.74 Å². The lowest BCUT2D eigenvalue weighted by Crippen LogP contribution is -2.58. The fourth-order valence-electron chi connectivity index (χ4n) is 7.01. The number of Topliss-reactive ketones (excluding diaryl/α,β-unsaturated/α-hetero) is 1. The number of rotatable bonds is 12. The van der Waals surface area contributed by atoms with Gasteiger partial charge < -0.3 is 20.1 Å². The number of aliphatic carboxylic acids is 1. The molecular formula is C38H51N3O7. The monoisotopic (exact) mass is 661 g/mol. The molecular weight excluding hydrogens is 610 g/mol. The molecule has 4 atom stereocenters. The van der Waals surface area contributed by atoms with Gasteiger partial charge in [0.05, 0.1) is 12.0 Å². The van der Waals surface area contributed by atoms with Crippen molar-refractivity contribution in [3.63, 3.8) is 0 Å². The van der Waals surface area contributed by atoms with Crippen LogP contribution in [0.2, 0.25) is 0 Å². The highest BCUT2D eigenvalue weighted by Crippen LogP contribution is 2.36. The molecule has 260 valence electrons. The first kappa shape index (κ1) is 36.6. The van der Waals surface area contributed by atoms with E-state index in [-0.39, 0.29) is 24.0 Å². The Kier molecular flexibility index (Phi) is 12.4. The highest BCUT2D eigenvalue weighted by Gasteiger charge is 2.43. The average Bonchev–Trinajstić information content (AvgIpc) is 3.57. The number of likely N-dealkylation sites (N-methyl/N-ethyl adjacent to an activating group) is 1. The molecule has 2 N–H and O–H groups in total. The zero-order chi connectivity index (χ0) is 35.0. The Morgan fingerprint density at radius 2 is 1.46 bits per heavy atom. The van der Waals surface area contributed by atoms with Crippen molar-refractivity contribution in [2.45, 2.75) is 109 Å². The molecule has 1 aliphatic heterocycles. The summed E-state index contributed by atoms with van der Waals surface area (Å²) in [6.07, 6.45) is 4.58. The molecule has 1 saturated heterocycles. The highest BCUT2D eigenvalue weighted by atomic mass is 16.6. The maximum atomic E-state index is 14.3. The zero-order valence-electron chi connectivity index (χ0n) is 28.9. The van der Waals surface area contributed by atoms with Gasteiger partial charge in [-0.25, -0.2) is 4.79 Å². The molecule has 0 aromatic heterocycles. The van der Waals surface area contributed by atoms with E-state index in [0.29, 0.717) is 19.4 Å². The molecule has 10 nitrogen and oxygen atoms in total. The second kappa shape index (κ2) is 16.3. The van der Waals surface area contributed by atoms with Crippen LogP contribution >= 0.6 is 0 Å². The van der Waals surface area contributed by atoms with Gasteiger partial charge in [-0.05, 0) is 70.4 Å². The Labute approximate surface area is 284 Å². The topological polar surface area (TPSA) is 133 Å². The number of amides is 3. The second-order valence-electron chi connectivity index (χ2n) is 14.3. The van der Waals surface area contributed by atoms with Gasteiger partial charge >= 0.3 is 12.1 Å². The minimum Gasteiger partial charge on any atom is -0.481 e. The summed E-state index contributed by atoms with van der Waals surface area (Å²) in [6.45, 7) is 7.18. The molecule has 0 spiro atoms. The Hall–Kier alpha value is -4.21. The number of carboxylic acids is 1. The first-order valence-corrected chi connectivity index (χ1v) is 17.2. The number of nitrogens with zero attached hydrogens (tertiary/aromatic N) is 2. The summed E-state index contributed by atoms with van der Waals surface area (Å²) in [5.41, 5.74) is 0.865. The zero-order valence-corrected chi connectivity index (χ0v) is 28.9. The van der Waals surface area contributed by atoms with Crippen LogP contribution in [0.1, 0.15) is 96.1 Å². The van der Waals surface area contributed by atoms with Crippen LogP contribution in [-0.4, -0.2) is 81.9 Å². The maximum absolute atomic E-state index is 14.3. The average molecular weight is 662 g/mol. The molecule has 1 heterocycles. The van der Waals surface area contributed by atoms with Crippen molar-refractivity contribution in [1.82, 2.24) is 15.1 Å².